The average molecular weight is 166 g/mol. The van der Waals surface area contributed by atoms with Gasteiger partial charge >= 0.3 is 0 Å². The number of amides is 1. The number of carbonyl (C=O) groups is 1. The fourth-order valence-corrected chi connectivity index (χ4v) is 0.753. The van der Waals surface area contributed by atoms with Crippen LogP contribution in [0, 0.1) is 0 Å². The Balaban J connectivity index is 2.29. The molecule has 0 atom stereocenters. The van der Waals surface area contributed by atoms with Crippen LogP contribution in [0.5, 0.6) is 0 Å². The van der Waals surface area contributed by atoms with Gasteiger partial charge in [0.1, 0.15) is 0 Å². The van der Waals surface area contributed by atoms with Gasteiger partial charge < -0.3 is 9.90 Å². The van der Waals surface area contributed by atoms with Crippen LogP contribution in [-0.4, -0.2) is 6.09 Å². The quantitative estimate of drug-likeness (QED) is 0.645. The maximum Gasteiger partial charge on any atom is 0.159 e. The molecule has 4 nitrogen and oxygen atoms in total. The molecule has 0 unspecified atom stereocenters. The highest BCUT2D eigenvalue weighted by atomic mass is 16.7. The van der Waals surface area contributed by atoms with Gasteiger partial charge in [-0.1, -0.05) is 30.3 Å². The smallest absolute Gasteiger partial charge is 0.159 e. The van der Waals surface area contributed by atoms with Crippen LogP contribution < -0.4 is 10.6 Å². The van der Waals surface area contributed by atoms with Crippen molar-refractivity contribution in [3.8, 4) is 0 Å². The number of hydroxylamine groups is 1. The van der Waals surface area contributed by atoms with E-state index >= 15 is 0 Å². The molecule has 12 heavy (non-hydrogen) atoms. The maximum atomic E-state index is 9.84. The standard InChI is InChI=1S/C8H9NO3/c10-8(11)9-12-6-7-4-2-1-3-5-7/h1-5,9H,6H2,(H,10,11)/p-1. The van der Waals surface area contributed by atoms with E-state index in [1.165, 1.54) is 0 Å². The second-order valence-corrected chi connectivity index (χ2v) is 2.16. The first-order valence-electron chi connectivity index (χ1n) is 3.42. The van der Waals surface area contributed by atoms with Crippen LogP contribution in [0.25, 0.3) is 0 Å². The summed E-state index contributed by atoms with van der Waals surface area (Å²) in [6.45, 7) is 0.203. The molecule has 0 aliphatic carbocycles. The van der Waals surface area contributed by atoms with Crippen molar-refractivity contribution in [2.24, 2.45) is 0 Å². The van der Waals surface area contributed by atoms with E-state index in [0.717, 1.165) is 5.56 Å². The molecule has 0 spiro atoms. The summed E-state index contributed by atoms with van der Waals surface area (Å²) in [5, 5.41) is 9.84. The second kappa shape index (κ2) is 4.35. The van der Waals surface area contributed by atoms with Crippen LogP contribution >= 0.6 is 0 Å². The molecule has 4 heteroatoms. The highest BCUT2D eigenvalue weighted by molar-refractivity contribution is 5.60. The molecule has 0 saturated carbocycles. The molecule has 1 amide bonds. The Hall–Kier alpha value is -1.55. The van der Waals surface area contributed by atoms with Crippen molar-refractivity contribution in [3.05, 3.63) is 35.9 Å². The topological polar surface area (TPSA) is 61.4 Å². The summed E-state index contributed by atoms with van der Waals surface area (Å²) in [7, 11) is 0. The number of hydrogen-bond donors (Lipinski definition) is 1. The van der Waals surface area contributed by atoms with Crippen LogP contribution in [0.3, 0.4) is 0 Å². The van der Waals surface area contributed by atoms with E-state index in [1.807, 2.05) is 30.3 Å². The van der Waals surface area contributed by atoms with E-state index < -0.39 is 6.09 Å². The fraction of sp³-hybridized carbons (Fsp3) is 0.125. The van der Waals surface area contributed by atoms with Gasteiger partial charge in [-0.2, -0.15) is 0 Å². The minimum Gasteiger partial charge on any atom is -0.528 e. The molecule has 0 aliphatic rings. The van der Waals surface area contributed by atoms with E-state index in [1.54, 1.807) is 5.48 Å². The molecular weight excluding hydrogens is 158 g/mol. The van der Waals surface area contributed by atoms with E-state index in [4.69, 9.17) is 0 Å². The Kier molecular flexibility index (Phi) is 3.10. The van der Waals surface area contributed by atoms with Gasteiger partial charge in [-0.05, 0) is 5.56 Å². The predicted octanol–water partition coefficient (Wildman–Crippen LogP) is 0.0511. The Morgan fingerprint density at radius 3 is 2.67 bits per heavy atom. The Bertz CT molecular complexity index is 248. The third-order valence-corrected chi connectivity index (χ3v) is 1.24. The van der Waals surface area contributed by atoms with Gasteiger partial charge in [0.15, 0.2) is 6.09 Å². The third kappa shape index (κ3) is 3.03. The highest BCUT2D eigenvalue weighted by Gasteiger charge is 1.89. The molecular formula is C8H8NO3-. The molecule has 1 rings (SSSR count). The number of rotatable bonds is 3. The molecule has 1 N–H and O–H groups in total. The number of carboxylic acid groups (broad SMARTS) is 1. The highest BCUT2D eigenvalue weighted by Crippen LogP contribution is 1.98. The fourth-order valence-electron chi connectivity index (χ4n) is 0.753. The monoisotopic (exact) mass is 166 g/mol. The zero-order valence-corrected chi connectivity index (χ0v) is 6.32. The van der Waals surface area contributed by atoms with Gasteiger partial charge in [-0.25, -0.2) is 0 Å². The second-order valence-electron chi connectivity index (χ2n) is 2.16. The summed E-state index contributed by atoms with van der Waals surface area (Å²) < 4.78 is 0. The maximum absolute atomic E-state index is 9.84. The van der Waals surface area contributed by atoms with Gasteiger partial charge in [0.05, 0.1) is 6.61 Å². The lowest BCUT2D eigenvalue weighted by Gasteiger charge is -2.05. The number of nitrogens with one attached hydrogen (secondary N) is 1. The zero-order valence-electron chi connectivity index (χ0n) is 6.32. The number of benzene rings is 1. The van der Waals surface area contributed by atoms with Crippen molar-refractivity contribution in [1.29, 1.82) is 0 Å². The predicted molar refractivity (Wildman–Crippen MR) is 39.8 cm³/mol. The number of hydrogen-bond acceptors (Lipinski definition) is 3. The molecule has 0 bridgehead atoms. The van der Waals surface area contributed by atoms with Crippen molar-refractivity contribution in [3.63, 3.8) is 0 Å². The molecule has 0 saturated heterocycles. The summed E-state index contributed by atoms with van der Waals surface area (Å²) >= 11 is 0. The van der Waals surface area contributed by atoms with E-state index in [0.29, 0.717) is 0 Å². The van der Waals surface area contributed by atoms with Crippen molar-refractivity contribution >= 4 is 6.09 Å². The summed E-state index contributed by atoms with van der Waals surface area (Å²) in [6, 6.07) is 9.22. The Morgan fingerprint density at radius 2 is 2.08 bits per heavy atom. The number of carbonyl (C=O) groups excluding carboxylic acids is 1. The third-order valence-electron chi connectivity index (χ3n) is 1.24. The molecule has 0 aromatic heterocycles. The zero-order chi connectivity index (χ0) is 8.81. The molecule has 0 radical (unpaired) electrons. The van der Waals surface area contributed by atoms with Crippen LogP contribution in [0.2, 0.25) is 0 Å². The summed E-state index contributed by atoms with van der Waals surface area (Å²) in [6.07, 6.45) is -1.44. The van der Waals surface area contributed by atoms with Crippen molar-refractivity contribution in [2.45, 2.75) is 6.61 Å². The molecule has 0 aliphatic heterocycles. The van der Waals surface area contributed by atoms with Gasteiger partial charge in [0.2, 0.25) is 0 Å². The average Bonchev–Trinajstić information content (AvgIpc) is 2.05. The van der Waals surface area contributed by atoms with E-state index in [9.17, 15) is 9.90 Å². The SMILES string of the molecule is O=C([O-])NOCc1ccccc1. The minimum atomic E-state index is -1.44. The first-order chi connectivity index (χ1) is 5.79. The lowest BCUT2D eigenvalue weighted by atomic mass is 10.2. The Labute approximate surface area is 69.7 Å². The molecule has 64 valence electrons. The van der Waals surface area contributed by atoms with Gasteiger partial charge in [-0.15, -0.1) is 0 Å². The van der Waals surface area contributed by atoms with Gasteiger partial charge in [0.25, 0.3) is 0 Å². The van der Waals surface area contributed by atoms with E-state index in [-0.39, 0.29) is 6.61 Å². The first-order valence-corrected chi connectivity index (χ1v) is 3.42. The molecule has 1 aromatic carbocycles. The molecule has 0 heterocycles. The molecule has 0 fully saturated rings. The Morgan fingerprint density at radius 1 is 1.42 bits per heavy atom. The van der Waals surface area contributed by atoms with Gasteiger partial charge in [0, 0.05) is 0 Å². The lowest BCUT2D eigenvalue weighted by Crippen LogP contribution is -2.36. The van der Waals surface area contributed by atoms with Crippen LogP contribution in [-0.2, 0) is 11.4 Å². The first kappa shape index (κ1) is 8.55. The van der Waals surface area contributed by atoms with Crippen LogP contribution in [0.1, 0.15) is 5.56 Å². The lowest BCUT2D eigenvalue weighted by molar-refractivity contribution is -0.264. The van der Waals surface area contributed by atoms with Crippen LogP contribution in [0.4, 0.5) is 4.79 Å². The van der Waals surface area contributed by atoms with Crippen molar-refractivity contribution in [2.75, 3.05) is 0 Å². The molecule has 1 aromatic rings. The summed E-state index contributed by atoms with van der Waals surface area (Å²) in [5.74, 6) is 0. The summed E-state index contributed by atoms with van der Waals surface area (Å²) in [5.41, 5.74) is 2.59. The summed E-state index contributed by atoms with van der Waals surface area (Å²) in [4.78, 5) is 14.4. The van der Waals surface area contributed by atoms with Crippen molar-refractivity contribution in [1.82, 2.24) is 5.48 Å². The van der Waals surface area contributed by atoms with Gasteiger partial charge in [-0.3, -0.25) is 10.3 Å². The normalized spacial score (nSPS) is 9.33. The van der Waals surface area contributed by atoms with Crippen LogP contribution in [0.15, 0.2) is 30.3 Å². The largest absolute Gasteiger partial charge is 0.528 e. The minimum absolute atomic E-state index is 0.203. The van der Waals surface area contributed by atoms with E-state index in [2.05, 4.69) is 4.84 Å². The van der Waals surface area contributed by atoms with Crippen molar-refractivity contribution < 1.29 is 14.7 Å².